The molecule has 2 N–H and O–H groups in total. The van der Waals surface area contributed by atoms with Crippen LogP contribution in [0.4, 0.5) is 5.82 Å². The molecule has 0 aliphatic heterocycles. The molecular weight excluding hydrogens is 244 g/mol. The summed E-state index contributed by atoms with van der Waals surface area (Å²) in [7, 11) is 0. The number of hydrogen-bond acceptors (Lipinski definition) is 2. The minimum Gasteiger partial charge on any atom is -0.383 e. The van der Waals surface area contributed by atoms with Crippen LogP contribution in [-0.4, -0.2) is 4.98 Å². The number of aromatic nitrogens is 1. The molecule has 0 aromatic carbocycles. The van der Waals surface area contributed by atoms with Gasteiger partial charge in [0, 0.05) is 6.20 Å². The van der Waals surface area contributed by atoms with E-state index in [2.05, 4.69) is 46.5 Å². The molecule has 20 heavy (non-hydrogen) atoms. The molecule has 0 atom stereocenters. The first kappa shape index (κ1) is 24.0. The monoisotopic (exact) mass is 282 g/mol. The summed E-state index contributed by atoms with van der Waals surface area (Å²) in [6, 6.07) is 3.95. The molecule has 2 heteroatoms. The van der Waals surface area contributed by atoms with E-state index in [9.17, 15) is 0 Å². The van der Waals surface area contributed by atoms with Crippen LogP contribution in [-0.2, 0) is 6.42 Å². The second-order valence-electron chi connectivity index (χ2n) is 4.85. The summed E-state index contributed by atoms with van der Waals surface area (Å²) in [4.78, 5) is 4.01. The highest BCUT2D eigenvalue weighted by atomic mass is 14.8. The molecule has 1 heterocycles. The molecule has 2 nitrogen and oxygen atoms in total. The van der Waals surface area contributed by atoms with Gasteiger partial charge >= 0.3 is 0 Å². The lowest BCUT2D eigenvalue weighted by Gasteiger charge is -2.05. The van der Waals surface area contributed by atoms with Gasteiger partial charge in [0.25, 0.3) is 0 Å². The summed E-state index contributed by atoms with van der Waals surface area (Å²) in [5.41, 5.74) is 6.81. The minimum absolute atomic E-state index is 0.640. The van der Waals surface area contributed by atoms with Gasteiger partial charge in [-0.2, -0.15) is 0 Å². The van der Waals surface area contributed by atoms with Crippen LogP contribution < -0.4 is 5.73 Å². The Balaban J connectivity index is -0.000000269. The van der Waals surface area contributed by atoms with Crippen molar-refractivity contribution in [1.82, 2.24) is 4.98 Å². The van der Waals surface area contributed by atoms with Gasteiger partial charge in [0.1, 0.15) is 5.82 Å². The number of nitrogen functional groups attached to an aromatic ring is 1. The molecule has 120 valence electrons. The molecule has 1 aromatic rings. The van der Waals surface area contributed by atoms with Crippen molar-refractivity contribution in [2.75, 3.05) is 5.73 Å². The summed E-state index contributed by atoms with van der Waals surface area (Å²) in [5.74, 6) is 1.31. The molecule has 0 aliphatic rings. The number of nitrogens with zero attached hydrogens (tertiary/aromatic N) is 1. The van der Waals surface area contributed by atoms with E-state index >= 15 is 0 Å². The maximum atomic E-state index is 5.66. The number of hydrogen-bond donors (Lipinski definition) is 1. The fourth-order valence-corrected chi connectivity index (χ4v) is 1.06. The smallest absolute Gasteiger partial charge is 0.126 e. The molecule has 0 radical (unpaired) electrons. The Kier molecular flexibility index (Phi) is 24.3. The molecule has 0 unspecified atom stereocenters. The molecule has 1 aromatic heterocycles. The van der Waals surface area contributed by atoms with Crippen LogP contribution in [0.3, 0.4) is 0 Å². The fraction of sp³-hybridized carbons (Fsp3) is 0.722. The van der Waals surface area contributed by atoms with Crippen molar-refractivity contribution in [3.63, 3.8) is 0 Å². The SMILES string of the molecule is CC.CC(C)Cc1cccnc1N.CCC.CCCC. The molecule has 0 aliphatic carbocycles. The Morgan fingerprint density at radius 3 is 1.80 bits per heavy atom. The van der Waals surface area contributed by atoms with E-state index in [-0.39, 0.29) is 0 Å². The number of nitrogens with two attached hydrogens (primary N) is 1. The van der Waals surface area contributed by atoms with Gasteiger partial charge in [-0.3, -0.25) is 0 Å². The van der Waals surface area contributed by atoms with Gasteiger partial charge in [0.05, 0.1) is 0 Å². The Morgan fingerprint density at radius 1 is 1.05 bits per heavy atom. The van der Waals surface area contributed by atoms with E-state index < -0.39 is 0 Å². The van der Waals surface area contributed by atoms with E-state index in [4.69, 9.17) is 5.73 Å². The number of anilines is 1. The summed E-state index contributed by atoms with van der Waals surface area (Å²) < 4.78 is 0. The third-order valence-electron chi connectivity index (χ3n) is 2.05. The quantitative estimate of drug-likeness (QED) is 0.726. The van der Waals surface area contributed by atoms with Crippen molar-refractivity contribution in [2.24, 2.45) is 5.92 Å². The average Bonchev–Trinajstić information content (AvgIpc) is 2.44. The predicted octanol–water partition coefficient (Wildman–Crippen LogP) is 6.11. The second-order valence-corrected chi connectivity index (χ2v) is 4.85. The Labute approximate surface area is 128 Å². The standard InChI is InChI=1S/C9H14N2.C4H10.C3H8.C2H6/c1-7(2)6-8-4-3-5-11-9(8)10;1-3-4-2;1-3-2;1-2/h3-5,7H,6H2,1-2H3,(H2,10,11);3-4H2,1-2H3;3H2,1-2H3;1-2H3. The number of rotatable bonds is 3. The van der Waals surface area contributed by atoms with E-state index in [1.807, 2.05) is 26.0 Å². The zero-order valence-corrected chi connectivity index (χ0v) is 15.2. The van der Waals surface area contributed by atoms with Crippen molar-refractivity contribution in [2.45, 2.75) is 81.1 Å². The van der Waals surface area contributed by atoms with Gasteiger partial charge in [-0.15, -0.1) is 0 Å². The summed E-state index contributed by atoms with van der Waals surface area (Å²) >= 11 is 0. The maximum absolute atomic E-state index is 5.66. The zero-order valence-electron chi connectivity index (χ0n) is 15.2. The summed E-state index contributed by atoms with van der Waals surface area (Å²) in [6.07, 6.45) is 6.62. The highest BCUT2D eigenvalue weighted by Crippen LogP contribution is 2.12. The van der Waals surface area contributed by atoms with Gasteiger partial charge in [-0.05, 0) is 24.0 Å². The first-order valence-electron chi connectivity index (χ1n) is 8.22. The van der Waals surface area contributed by atoms with Crippen LogP contribution in [0.5, 0.6) is 0 Å². The van der Waals surface area contributed by atoms with Crippen molar-refractivity contribution in [1.29, 1.82) is 0 Å². The van der Waals surface area contributed by atoms with Crippen LogP contribution in [0.2, 0.25) is 0 Å². The van der Waals surface area contributed by atoms with Crippen molar-refractivity contribution < 1.29 is 0 Å². The molecule has 0 saturated carbocycles. The van der Waals surface area contributed by atoms with Crippen LogP contribution in [0.1, 0.15) is 80.2 Å². The van der Waals surface area contributed by atoms with Crippen molar-refractivity contribution in [3.8, 4) is 0 Å². The lowest BCUT2D eigenvalue weighted by atomic mass is 10.0. The van der Waals surface area contributed by atoms with Gasteiger partial charge in [-0.25, -0.2) is 4.98 Å². The largest absolute Gasteiger partial charge is 0.383 e. The van der Waals surface area contributed by atoms with Gasteiger partial charge in [0.2, 0.25) is 0 Å². The zero-order chi connectivity index (χ0) is 16.4. The van der Waals surface area contributed by atoms with Gasteiger partial charge < -0.3 is 5.73 Å². The van der Waals surface area contributed by atoms with Crippen LogP contribution in [0.15, 0.2) is 18.3 Å². The van der Waals surface area contributed by atoms with Crippen molar-refractivity contribution >= 4 is 5.82 Å². The minimum atomic E-state index is 0.640. The Hall–Kier alpha value is -1.05. The lowest BCUT2D eigenvalue weighted by Crippen LogP contribution is -2.00. The first-order chi connectivity index (χ1) is 9.53. The molecule has 0 saturated heterocycles. The second kappa shape index (κ2) is 20.3. The van der Waals surface area contributed by atoms with E-state index in [1.54, 1.807) is 6.20 Å². The highest BCUT2D eigenvalue weighted by Gasteiger charge is 2.00. The average molecular weight is 283 g/mol. The van der Waals surface area contributed by atoms with Crippen molar-refractivity contribution in [3.05, 3.63) is 23.9 Å². The van der Waals surface area contributed by atoms with E-state index in [1.165, 1.54) is 19.3 Å². The van der Waals surface area contributed by atoms with Gasteiger partial charge in [-0.1, -0.05) is 80.7 Å². The van der Waals surface area contributed by atoms with E-state index in [0.29, 0.717) is 11.7 Å². The Bertz CT molecular complexity index is 268. The summed E-state index contributed by atoms with van der Waals surface area (Å²) in [6.45, 7) is 17.0. The van der Waals surface area contributed by atoms with E-state index in [0.717, 1.165) is 12.0 Å². The molecule has 0 fully saturated rings. The molecule has 1 rings (SSSR count). The Morgan fingerprint density at radius 2 is 1.50 bits per heavy atom. The topological polar surface area (TPSA) is 38.9 Å². The third kappa shape index (κ3) is 19.3. The number of unbranched alkanes of at least 4 members (excludes halogenated alkanes) is 1. The number of pyridine rings is 1. The van der Waals surface area contributed by atoms with Crippen LogP contribution in [0.25, 0.3) is 0 Å². The molecule has 0 bridgehead atoms. The van der Waals surface area contributed by atoms with Crippen LogP contribution >= 0.6 is 0 Å². The molecule has 0 spiro atoms. The maximum Gasteiger partial charge on any atom is 0.126 e. The normalized spacial score (nSPS) is 8.45. The lowest BCUT2D eigenvalue weighted by molar-refractivity contribution is 0.647. The first-order valence-corrected chi connectivity index (χ1v) is 8.22. The van der Waals surface area contributed by atoms with Crippen LogP contribution in [0, 0.1) is 5.92 Å². The third-order valence-corrected chi connectivity index (χ3v) is 2.05. The fourth-order valence-electron chi connectivity index (χ4n) is 1.06. The molecule has 0 amide bonds. The molecular formula is C18H38N2. The predicted molar refractivity (Wildman–Crippen MR) is 95.1 cm³/mol. The highest BCUT2D eigenvalue weighted by molar-refractivity contribution is 5.38. The van der Waals surface area contributed by atoms with Gasteiger partial charge in [0.15, 0.2) is 0 Å². The summed E-state index contributed by atoms with van der Waals surface area (Å²) in [5, 5.41) is 0.